The second kappa shape index (κ2) is 9.90. The van der Waals surface area contributed by atoms with E-state index in [-0.39, 0.29) is 19.1 Å². The zero-order chi connectivity index (χ0) is 25.3. The molecule has 1 aliphatic rings. The highest BCUT2D eigenvalue weighted by Crippen LogP contribution is 2.41. The molecule has 0 bridgehead atoms. The van der Waals surface area contributed by atoms with Crippen LogP contribution >= 0.6 is 0 Å². The Labute approximate surface area is 205 Å². The number of carbonyl (C=O) groups is 1. The van der Waals surface area contributed by atoms with Crippen molar-refractivity contribution >= 4 is 30.8 Å². The first-order valence-electron chi connectivity index (χ1n) is 11.6. The molecule has 188 valence electrons. The smallest absolute Gasteiger partial charge is 0.231 e. The molecular weight excluding hydrogens is 469 g/mol. The van der Waals surface area contributed by atoms with Gasteiger partial charge in [0.25, 0.3) is 0 Å². The number of nitrogens with zero attached hydrogens (tertiary/aromatic N) is 4. The first-order chi connectivity index (χ1) is 16.6. The molecule has 3 aromatic rings. The third-order valence-electron chi connectivity index (χ3n) is 5.86. The van der Waals surface area contributed by atoms with Crippen molar-refractivity contribution in [2.24, 2.45) is 5.92 Å². The van der Waals surface area contributed by atoms with Crippen LogP contribution < -0.4 is 14.8 Å². The Bertz CT molecular complexity index is 1220. The molecule has 0 radical (unpaired) electrons. The molecular formula is C24H32FN5O4Si. The molecule has 11 heteroatoms. The largest absolute Gasteiger partial charge is 0.480 e. The molecule has 3 heterocycles. The minimum atomic E-state index is -1.24. The summed E-state index contributed by atoms with van der Waals surface area (Å²) in [6.07, 6.45) is 1.08. The number of rotatable bonds is 10. The average molecular weight is 502 g/mol. The van der Waals surface area contributed by atoms with Crippen LogP contribution in [0.5, 0.6) is 11.8 Å². The van der Waals surface area contributed by atoms with Crippen LogP contribution in [0.1, 0.15) is 12.2 Å². The van der Waals surface area contributed by atoms with Gasteiger partial charge in [0.05, 0.1) is 20.1 Å². The fourth-order valence-electron chi connectivity index (χ4n) is 3.77. The fraction of sp³-hybridized carbons (Fsp3) is 0.500. The summed E-state index contributed by atoms with van der Waals surface area (Å²) in [6.45, 7) is 9.58. The van der Waals surface area contributed by atoms with Gasteiger partial charge in [-0.25, -0.2) is 9.37 Å². The van der Waals surface area contributed by atoms with Gasteiger partial charge in [-0.15, -0.1) is 0 Å². The maximum absolute atomic E-state index is 13.3. The second-order valence-electron chi connectivity index (χ2n) is 9.94. The number of halogens is 1. The monoisotopic (exact) mass is 501 g/mol. The standard InChI is InChI=1S/C24H32FN5O4Si/c1-14-26-23(32-2)20(24(27-14)33-3)17-12-30(13-34-9-10-35(4,5)6)21-15(17)7-8-19(28-21)29-22(31)16-11-18(16)25/h7-8,12,16,18H,9-11,13H2,1-6H3,(H,28,29,31). The predicted molar refractivity (Wildman–Crippen MR) is 134 cm³/mol. The minimum Gasteiger partial charge on any atom is -0.480 e. The van der Waals surface area contributed by atoms with Gasteiger partial charge in [0, 0.05) is 31.8 Å². The average Bonchev–Trinajstić information content (AvgIpc) is 3.44. The van der Waals surface area contributed by atoms with E-state index in [0.717, 1.165) is 17.0 Å². The van der Waals surface area contributed by atoms with E-state index in [9.17, 15) is 9.18 Å². The van der Waals surface area contributed by atoms with Crippen molar-refractivity contribution < 1.29 is 23.4 Å². The highest BCUT2D eigenvalue weighted by molar-refractivity contribution is 6.76. The normalized spacial score (nSPS) is 17.5. The molecule has 9 nitrogen and oxygen atoms in total. The maximum atomic E-state index is 13.3. The van der Waals surface area contributed by atoms with Crippen LogP contribution in [0, 0.1) is 12.8 Å². The summed E-state index contributed by atoms with van der Waals surface area (Å²) in [7, 11) is 1.85. The van der Waals surface area contributed by atoms with E-state index in [0.29, 0.717) is 41.2 Å². The van der Waals surface area contributed by atoms with Crippen molar-refractivity contribution in [3.63, 3.8) is 0 Å². The number of pyridine rings is 1. The van der Waals surface area contributed by atoms with Crippen LogP contribution in [0.25, 0.3) is 22.2 Å². The number of aromatic nitrogens is 4. The SMILES string of the molecule is COc1nc(C)nc(OC)c1-c1cn(COCC[Si](C)(C)C)c2nc(NC(=O)C3CC3F)ccc12. The zero-order valence-corrected chi connectivity index (χ0v) is 22.0. The minimum absolute atomic E-state index is 0.256. The highest BCUT2D eigenvalue weighted by Gasteiger charge is 2.43. The van der Waals surface area contributed by atoms with Crippen molar-refractivity contribution in [3.8, 4) is 22.9 Å². The van der Waals surface area contributed by atoms with E-state index < -0.39 is 20.2 Å². The van der Waals surface area contributed by atoms with E-state index in [1.807, 2.05) is 16.8 Å². The lowest BCUT2D eigenvalue weighted by atomic mass is 10.1. The summed E-state index contributed by atoms with van der Waals surface area (Å²) in [5.74, 6) is 0.688. The Morgan fingerprint density at radius 2 is 1.83 bits per heavy atom. The van der Waals surface area contributed by atoms with E-state index >= 15 is 0 Å². The molecule has 0 saturated heterocycles. The third kappa shape index (κ3) is 5.62. The summed E-state index contributed by atoms with van der Waals surface area (Å²) in [6, 6.07) is 4.58. The second-order valence-corrected chi connectivity index (χ2v) is 15.6. The molecule has 1 aliphatic carbocycles. The number of hydrogen-bond acceptors (Lipinski definition) is 7. The lowest BCUT2D eigenvalue weighted by Crippen LogP contribution is -2.22. The third-order valence-corrected chi connectivity index (χ3v) is 7.56. The number of carbonyl (C=O) groups excluding carboxylic acids is 1. The van der Waals surface area contributed by atoms with E-state index in [1.165, 1.54) is 0 Å². The first kappa shape index (κ1) is 25.1. The number of nitrogens with one attached hydrogen (secondary N) is 1. The number of amides is 1. The topological polar surface area (TPSA) is 100 Å². The Morgan fingerprint density at radius 1 is 1.17 bits per heavy atom. The maximum Gasteiger partial charge on any atom is 0.231 e. The summed E-state index contributed by atoms with van der Waals surface area (Å²) >= 11 is 0. The molecule has 0 aliphatic heterocycles. The van der Waals surface area contributed by atoms with Gasteiger partial charge in [0.1, 0.15) is 35.8 Å². The van der Waals surface area contributed by atoms with Gasteiger partial charge in [-0.05, 0) is 31.5 Å². The zero-order valence-electron chi connectivity index (χ0n) is 21.0. The molecule has 1 saturated carbocycles. The van der Waals surface area contributed by atoms with Crippen LogP contribution in [-0.2, 0) is 16.3 Å². The van der Waals surface area contributed by atoms with Crippen molar-refractivity contribution in [1.29, 1.82) is 0 Å². The van der Waals surface area contributed by atoms with Crippen LogP contribution in [0.2, 0.25) is 25.7 Å². The molecule has 2 unspecified atom stereocenters. The molecule has 0 aromatic carbocycles. The van der Waals surface area contributed by atoms with Gasteiger partial charge in [0.15, 0.2) is 0 Å². The number of anilines is 1. The first-order valence-corrected chi connectivity index (χ1v) is 15.3. The summed E-state index contributed by atoms with van der Waals surface area (Å²) in [5.41, 5.74) is 1.96. The number of methoxy groups -OCH3 is 2. The summed E-state index contributed by atoms with van der Waals surface area (Å²) in [4.78, 5) is 25.8. The Kier molecular flexibility index (Phi) is 7.09. The molecule has 0 spiro atoms. The summed E-state index contributed by atoms with van der Waals surface area (Å²) in [5, 5.41) is 3.52. The molecule has 1 amide bonds. The lowest BCUT2D eigenvalue weighted by Gasteiger charge is -2.15. The van der Waals surface area contributed by atoms with Crippen molar-refractivity contribution in [3.05, 3.63) is 24.2 Å². The molecule has 4 rings (SSSR count). The number of aryl methyl sites for hydroxylation is 1. The van der Waals surface area contributed by atoms with E-state index in [1.54, 1.807) is 27.2 Å². The van der Waals surface area contributed by atoms with Crippen LogP contribution in [-0.4, -0.2) is 60.5 Å². The number of fused-ring (bicyclic) bond motifs is 1. The van der Waals surface area contributed by atoms with E-state index in [2.05, 4.69) is 39.9 Å². The Balaban J connectivity index is 1.74. The van der Waals surface area contributed by atoms with Crippen molar-refractivity contribution in [1.82, 2.24) is 19.5 Å². The van der Waals surface area contributed by atoms with Crippen LogP contribution in [0.3, 0.4) is 0 Å². The van der Waals surface area contributed by atoms with Crippen molar-refractivity contribution in [2.45, 2.75) is 51.9 Å². The molecule has 35 heavy (non-hydrogen) atoms. The number of hydrogen-bond donors (Lipinski definition) is 1. The molecule has 1 fully saturated rings. The van der Waals surface area contributed by atoms with E-state index in [4.69, 9.17) is 14.2 Å². The lowest BCUT2D eigenvalue weighted by molar-refractivity contribution is -0.117. The summed E-state index contributed by atoms with van der Waals surface area (Å²) < 4.78 is 32.3. The predicted octanol–water partition coefficient (Wildman–Crippen LogP) is 4.43. The fourth-order valence-corrected chi connectivity index (χ4v) is 4.53. The van der Waals surface area contributed by atoms with Gasteiger partial charge in [0.2, 0.25) is 17.7 Å². The molecule has 2 atom stereocenters. The molecule has 3 aromatic heterocycles. The number of ether oxygens (including phenoxy) is 3. The van der Waals surface area contributed by atoms with Gasteiger partial charge in [-0.3, -0.25) is 4.79 Å². The van der Waals surface area contributed by atoms with Gasteiger partial charge in [-0.1, -0.05) is 19.6 Å². The highest BCUT2D eigenvalue weighted by atomic mass is 28.3. The molecule has 1 N–H and O–H groups in total. The Hall–Kier alpha value is -3.05. The van der Waals surface area contributed by atoms with Gasteiger partial charge < -0.3 is 24.1 Å². The number of alkyl halides is 1. The quantitative estimate of drug-likeness (QED) is 0.324. The van der Waals surface area contributed by atoms with Crippen LogP contribution in [0.15, 0.2) is 18.3 Å². The van der Waals surface area contributed by atoms with Gasteiger partial charge >= 0.3 is 0 Å². The van der Waals surface area contributed by atoms with Crippen LogP contribution in [0.4, 0.5) is 10.2 Å². The van der Waals surface area contributed by atoms with Gasteiger partial charge in [-0.2, -0.15) is 9.97 Å². The Morgan fingerprint density at radius 3 is 2.40 bits per heavy atom. The van der Waals surface area contributed by atoms with Crippen molar-refractivity contribution in [2.75, 3.05) is 26.1 Å².